The maximum Gasteiger partial charge on any atom is 0.0558 e. The van der Waals surface area contributed by atoms with E-state index in [9.17, 15) is 0 Å². The molecule has 0 amide bonds. The van der Waals surface area contributed by atoms with Crippen LogP contribution in [0, 0.1) is 11.3 Å². The van der Waals surface area contributed by atoms with Crippen LogP contribution in [-0.2, 0) is 0 Å². The van der Waals surface area contributed by atoms with Crippen LogP contribution in [0.1, 0.15) is 32.6 Å². The molecule has 0 radical (unpaired) electrons. The Balaban J connectivity index is 2.63. The second-order valence-corrected chi connectivity index (χ2v) is 5.96. The Morgan fingerprint density at radius 2 is 1.94 bits per heavy atom. The van der Waals surface area contributed by atoms with Gasteiger partial charge in [-0.15, -0.1) is 0 Å². The van der Waals surface area contributed by atoms with Crippen molar-refractivity contribution in [3.63, 3.8) is 0 Å². The van der Waals surface area contributed by atoms with Gasteiger partial charge in [-0.1, -0.05) is 19.8 Å². The third-order valence-corrected chi connectivity index (χ3v) is 4.13. The number of nitrogens with one attached hydrogen (secondary N) is 1. The van der Waals surface area contributed by atoms with E-state index in [1.54, 1.807) is 0 Å². The second-order valence-electron chi connectivity index (χ2n) is 5.96. The van der Waals surface area contributed by atoms with Gasteiger partial charge in [0.2, 0.25) is 0 Å². The average molecular weight is 258 g/mol. The normalized spacial score (nSPS) is 28.8. The van der Waals surface area contributed by atoms with Crippen molar-refractivity contribution in [1.29, 1.82) is 0 Å². The van der Waals surface area contributed by atoms with Gasteiger partial charge in [0.15, 0.2) is 0 Å². The number of rotatable bonds is 8. The highest BCUT2D eigenvalue weighted by Gasteiger charge is 2.35. The van der Waals surface area contributed by atoms with Crippen LogP contribution in [0.5, 0.6) is 0 Å². The number of hydrogen-bond acceptors (Lipinski definition) is 4. The van der Waals surface area contributed by atoms with Gasteiger partial charge in [-0.05, 0) is 31.2 Å². The molecule has 1 rings (SSSR count). The molecule has 0 bridgehead atoms. The molecule has 2 unspecified atom stereocenters. The van der Waals surface area contributed by atoms with Crippen molar-refractivity contribution in [3.8, 4) is 0 Å². The van der Waals surface area contributed by atoms with E-state index in [1.165, 1.54) is 25.7 Å². The minimum absolute atomic E-state index is 0.172. The lowest BCUT2D eigenvalue weighted by molar-refractivity contribution is 0.0624. The van der Waals surface area contributed by atoms with Crippen molar-refractivity contribution in [2.75, 3.05) is 46.4 Å². The van der Waals surface area contributed by atoms with Crippen LogP contribution in [0.4, 0.5) is 0 Å². The first-order valence-corrected chi connectivity index (χ1v) is 7.24. The molecule has 4 nitrogen and oxygen atoms in total. The van der Waals surface area contributed by atoms with Gasteiger partial charge < -0.3 is 15.5 Å². The van der Waals surface area contributed by atoms with E-state index >= 15 is 0 Å². The molecule has 0 spiro atoms. The van der Waals surface area contributed by atoms with E-state index < -0.39 is 0 Å². The fraction of sp³-hybridized carbons (Fsp3) is 1.00. The van der Waals surface area contributed by atoms with Gasteiger partial charge in [-0.25, -0.2) is 0 Å². The van der Waals surface area contributed by atoms with Crippen LogP contribution in [0.15, 0.2) is 0 Å². The molecule has 1 aliphatic rings. The first-order chi connectivity index (χ1) is 8.65. The number of aliphatic hydroxyl groups excluding tert-OH is 2. The molecule has 1 saturated carbocycles. The largest absolute Gasteiger partial charge is 0.395 e. The zero-order chi connectivity index (χ0) is 13.4. The first kappa shape index (κ1) is 15.9. The molecule has 0 heterocycles. The summed E-state index contributed by atoms with van der Waals surface area (Å²) in [4.78, 5) is 2.20. The van der Waals surface area contributed by atoms with E-state index in [-0.39, 0.29) is 13.2 Å². The summed E-state index contributed by atoms with van der Waals surface area (Å²) in [5.41, 5.74) is 0.316. The van der Waals surface area contributed by atoms with Crippen molar-refractivity contribution in [2.24, 2.45) is 11.3 Å². The lowest BCUT2D eigenvalue weighted by Gasteiger charge is -2.43. The van der Waals surface area contributed by atoms with Gasteiger partial charge in [0.05, 0.1) is 13.2 Å². The van der Waals surface area contributed by atoms with Crippen LogP contribution in [0.2, 0.25) is 0 Å². The fourth-order valence-electron chi connectivity index (χ4n) is 3.53. The van der Waals surface area contributed by atoms with Gasteiger partial charge in [0.1, 0.15) is 0 Å². The maximum absolute atomic E-state index is 9.12. The highest BCUT2D eigenvalue weighted by molar-refractivity contribution is 4.89. The Kier molecular flexibility index (Phi) is 7.15. The van der Waals surface area contributed by atoms with Crippen molar-refractivity contribution >= 4 is 0 Å². The van der Waals surface area contributed by atoms with E-state index in [0.29, 0.717) is 18.5 Å². The molecule has 0 saturated heterocycles. The highest BCUT2D eigenvalue weighted by atomic mass is 16.3. The van der Waals surface area contributed by atoms with Gasteiger partial charge in [-0.3, -0.25) is 4.90 Å². The Hall–Kier alpha value is -0.160. The van der Waals surface area contributed by atoms with Crippen molar-refractivity contribution in [2.45, 2.75) is 32.6 Å². The standard InChI is InChI=1S/C14H30N2O2/c1-13-4-3-5-14(10-13,11-15-2)12-16(6-8-17)7-9-18/h13,15,17-18H,3-12H2,1-2H3. The SMILES string of the molecule is CNCC1(CN(CCO)CCO)CCCC(C)C1. The molecule has 0 aromatic carbocycles. The zero-order valence-corrected chi connectivity index (χ0v) is 12.0. The fourth-order valence-corrected chi connectivity index (χ4v) is 3.53. The smallest absolute Gasteiger partial charge is 0.0558 e. The molecular weight excluding hydrogens is 228 g/mol. The summed E-state index contributed by atoms with van der Waals surface area (Å²) in [7, 11) is 2.02. The summed E-state index contributed by atoms with van der Waals surface area (Å²) in [5, 5.41) is 21.6. The van der Waals surface area contributed by atoms with E-state index in [2.05, 4.69) is 17.1 Å². The molecule has 2 atom stereocenters. The maximum atomic E-state index is 9.12. The summed E-state index contributed by atoms with van der Waals surface area (Å²) in [6, 6.07) is 0. The molecule has 108 valence electrons. The van der Waals surface area contributed by atoms with Crippen LogP contribution in [0.25, 0.3) is 0 Å². The van der Waals surface area contributed by atoms with Gasteiger partial charge in [-0.2, -0.15) is 0 Å². The number of nitrogens with zero attached hydrogens (tertiary/aromatic N) is 1. The quantitative estimate of drug-likeness (QED) is 0.599. The summed E-state index contributed by atoms with van der Waals surface area (Å²) in [6.45, 7) is 6.03. The Bertz CT molecular complexity index is 216. The minimum atomic E-state index is 0.172. The van der Waals surface area contributed by atoms with Gasteiger partial charge >= 0.3 is 0 Å². The lowest BCUT2D eigenvalue weighted by atomic mass is 9.69. The predicted octanol–water partition coefficient (Wildman–Crippen LogP) is 0.689. The average Bonchev–Trinajstić information content (AvgIpc) is 2.29. The first-order valence-electron chi connectivity index (χ1n) is 7.24. The topological polar surface area (TPSA) is 55.7 Å². The third-order valence-electron chi connectivity index (χ3n) is 4.13. The van der Waals surface area contributed by atoms with E-state index in [1.807, 2.05) is 7.05 Å². The number of hydrogen-bond donors (Lipinski definition) is 3. The third kappa shape index (κ3) is 4.84. The monoisotopic (exact) mass is 258 g/mol. The zero-order valence-electron chi connectivity index (χ0n) is 12.0. The van der Waals surface area contributed by atoms with Gasteiger partial charge in [0.25, 0.3) is 0 Å². The molecule has 0 aromatic heterocycles. The molecule has 1 aliphatic carbocycles. The highest BCUT2D eigenvalue weighted by Crippen LogP contribution is 2.39. The van der Waals surface area contributed by atoms with Crippen LogP contribution in [-0.4, -0.2) is 61.6 Å². The molecule has 0 aliphatic heterocycles. The summed E-state index contributed by atoms with van der Waals surface area (Å²) < 4.78 is 0. The molecule has 1 fully saturated rings. The molecule has 18 heavy (non-hydrogen) atoms. The van der Waals surface area contributed by atoms with Crippen molar-refractivity contribution < 1.29 is 10.2 Å². The van der Waals surface area contributed by atoms with E-state index in [0.717, 1.165) is 19.0 Å². The second kappa shape index (κ2) is 8.10. The predicted molar refractivity (Wildman–Crippen MR) is 74.6 cm³/mol. The van der Waals surface area contributed by atoms with E-state index in [4.69, 9.17) is 10.2 Å². The van der Waals surface area contributed by atoms with Crippen LogP contribution < -0.4 is 5.32 Å². The molecule has 0 aromatic rings. The Morgan fingerprint density at radius 3 is 2.44 bits per heavy atom. The molecule has 4 heteroatoms. The van der Waals surface area contributed by atoms with Crippen molar-refractivity contribution in [1.82, 2.24) is 10.2 Å². The summed E-state index contributed by atoms with van der Waals surface area (Å²) in [5.74, 6) is 0.789. The minimum Gasteiger partial charge on any atom is -0.395 e. The van der Waals surface area contributed by atoms with Crippen LogP contribution in [0.3, 0.4) is 0 Å². The van der Waals surface area contributed by atoms with Gasteiger partial charge in [0, 0.05) is 26.2 Å². The van der Waals surface area contributed by atoms with Crippen LogP contribution >= 0.6 is 0 Å². The Morgan fingerprint density at radius 1 is 1.28 bits per heavy atom. The summed E-state index contributed by atoms with van der Waals surface area (Å²) >= 11 is 0. The lowest BCUT2D eigenvalue weighted by Crippen LogP contribution is -2.47. The summed E-state index contributed by atoms with van der Waals surface area (Å²) in [6.07, 6.45) is 5.15. The molecule has 3 N–H and O–H groups in total. The number of aliphatic hydroxyl groups is 2. The van der Waals surface area contributed by atoms with Crippen molar-refractivity contribution in [3.05, 3.63) is 0 Å². The molecular formula is C14H30N2O2. The Labute approximate surface area is 111 Å².